The molecule has 1 aromatic carbocycles. The number of ether oxygens (including phenoxy) is 1. The van der Waals surface area contributed by atoms with Gasteiger partial charge in [0, 0.05) is 0 Å². The van der Waals surface area contributed by atoms with E-state index in [2.05, 4.69) is 0 Å². The van der Waals surface area contributed by atoms with Crippen LogP contribution in [0.15, 0.2) is 18.2 Å². The van der Waals surface area contributed by atoms with E-state index in [1.54, 1.807) is 19.2 Å². The van der Waals surface area contributed by atoms with Gasteiger partial charge in [-0.2, -0.15) is 0 Å². The Kier molecular flexibility index (Phi) is 2.94. The predicted molar refractivity (Wildman–Crippen MR) is 46.7 cm³/mol. The average molecular weight is 166 g/mol. The van der Waals surface area contributed by atoms with Gasteiger partial charge in [-0.25, -0.2) is 5.11 Å². The zero-order chi connectivity index (χ0) is 8.97. The van der Waals surface area contributed by atoms with Crippen LogP contribution in [0.25, 0.3) is 0 Å². The van der Waals surface area contributed by atoms with E-state index in [1.807, 2.05) is 6.07 Å². The molecule has 0 spiro atoms. The standard InChI is InChI=1S/C9H12NO2/c1-12-9-3-2-7(4-5-11)6-8(9)10/h2-3,6H,4-5,10H2,1H3. The van der Waals surface area contributed by atoms with Crippen LogP contribution < -0.4 is 10.5 Å². The molecular formula is C9H12NO2. The van der Waals surface area contributed by atoms with Gasteiger partial charge >= 0.3 is 0 Å². The Morgan fingerprint density at radius 2 is 2.25 bits per heavy atom. The molecule has 0 aliphatic carbocycles. The van der Waals surface area contributed by atoms with E-state index >= 15 is 0 Å². The van der Waals surface area contributed by atoms with Crippen molar-refractivity contribution >= 4 is 5.69 Å². The maximum atomic E-state index is 10.3. The van der Waals surface area contributed by atoms with E-state index in [-0.39, 0.29) is 6.61 Å². The zero-order valence-corrected chi connectivity index (χ0v) is 7.04. The summed E-state index contributed by atoms with van der Waals surface area (Å²) in [5, 5.41) is 10.3. The number of methoxy groups -OCH3 is 1. The molecule has 0 bridgehead atoms. The number of rotatable bonds is 3. The molecule has 65 valence electrons. The molecule has 0 fully saturated rings. The third-order valence-corrected chi connectivity index (χ3v) is 1.68. The summed E-state index contributed by atoms with van der Waals surface area (Å²) in [6, 6.07) is 5.41. The minimum Gasteiger partial charge on any atom is -0.495 e. The van der Waals surface area contributed by atoms with Gasteiger partial charge in [0.1, 0.15) is 5.75 Å². The highest BCUT2D eigenvalue weighted by Crippen LogP contribution is 2.21. The average Bonchev–Trinajstić information content (AvgIpc) is 2.05. The van der Waals surface area contributed by atoms with E-state index in [1.165, 1.54) is 0 Å². The van der Waals surface area contributed by atoms with Crippen molar-refractivity contribution in [3.63, 3.8) is 0 Å². The smallest absolute Gasteiger partial charge is 0.141 e. The Morgan fingerprint density at radius 1 is 1.50 bits per heavy atom. The quantitative estimate of drug-likeness (QED) is 0.687. The van der Waals surface area contributed by atoms with Crippen molar-refractivity contribution in [2.75, 3.05) is 19.5 Å². The van der Waals surface area contributed by atoms with E-state index < -0.39 is 0 Å². The van der Waals surface area contributed by atoms with E-state index in [0.717, 1.165) is 5.56 Å². The maximum Gasteiger partial charge on any atom is 0.141 e. The molecule has 0 saturated heterocycles. The highest BCUT2D eigenvalue weighted by molar-refractivity contribution is 5.54. The third kappa shape index (κ3) is 1.89. The third-order valence-electron chi connectivity index (χ3n) is 1.68. The Bertz CT molecular complexity index is 261. The first kappa shape index (κ1) is 8.87. The second-order valence-corrected chi connectivity index (χ2v) is 2.53. The summed E-state index contributed by atoms with van der Waals surface area (Å²) in [5.41, 5.74) is 7.18. The molecule has 0 aliphatic heterocycles. The van der Waals surface area contributed by atoms with Gasteiger partial charge in [0.05, 0.1) is 19.4 Å². The Morgan fingerprint density at radius 3 is 2.75 bits per heavy atom. The number of benzene rings is 1. The fraction of sp³-hybridized carbons (Fsp3) is 0.333. The van der Waals surface area contributed by atoms with Gasteiger partial charge in [-0.05, 0) is 24.1 Å². The highest BCUT2D eigenvalue weighted by Gasteiger charge is 1.99. The van der Waals surface area contributed by atoms with Crippen LogP contribution in [-0.4, -0.2) is 13.7 Å². The second-order valence-electron chi connectivity index (χ2n) is 2.53. The van der Waals surface area contributed by atoms with Crippen molar-refractivity contribution in [3.05, 3.63) is 23.8 Å². The Balaban J connectivity index is 2.86. The summed E-state index contributed by atoms with van der Waals surface area (Å²) in [6.07, 6.45) is 0.522. The van der Waals surface area contributed by atoms with E-state index in [9.17, 15) is 5.11 Å². The molecule has 12 heavy (non-hydrogen) atoms. The van der Waals surface area contributed by atoms with Crippen molar-refractivity contribution in [3.8, 4) is 5.75 Å². The SMILES string of the molecule is COc1ccc(CC[O])cc1N. The number of nitrogens with two attached hydrogens (primary N) is 1. The first-order valence-electron chi connectivity index (χ1n) is 3.78. The Hall–Kier alpha value is -1.22. The molecule has 0 aromatic heterocycles. The molecular weight excluding hydrogens is 154 g/mol. The predicted octanol–water partition coefficient (Wildman–Crippen LogP) is 1.25. The Labute approximate surface area is 71.8 Å². The van der Waals surface area contributed by atoms with Gasteiger partial charge in [-0.3, -0.25) is 0 Å². The van der Waals surface area contributed by atoms with Gasteiger partial charge < -0.3 is 10.5 Å². The lowest BCUT2D eigenvalue weighted by Crippen LogP contribution is -1.95. The van der Waals surface area contributed by atoms with Crippen LogP contribution in [0.4, 0.5) is 5.69 Å². The molecule has 3 heteroatoms. The molecule has 3 nitrogen and oxygen atoms in total. The number of hydrogen-bond donors (Lipinski definition) is 1. The van der Waals surface area contributed by atoms with Crippen LogP contribution in [0.2, 0.25) is 0 Å². The summed E-state index contributed by atoms with van der Waals surface area (Å²) in [4.78, 5) is 0. The largest absolute Gasteiger partial charge is 0.495 e. The fourth-order valence-corrected chi connectivity index (χ4v) is 1.06. The van der Waals surface area contributed by atoms with Crippen LogP contribution in [0.3, 0.4) is 0 Å². The van der Waals surface area contributed by atoms with Gasteiger partial charge in [0.2, 0.25) is 0 Å². The topological polar surface area (TPSA) is 55.1 Å². The summed E-state index contributed by atoms with van der Waals surface area (Å²) < 4.78 is 4.97. The molecule has 0 heterocycles. The van der Waals surface area contributed by atoms with Gasteiger partial charge in [0.15, 0.2) is 0 Å². The zero-order valence-electron chi connectivity index (χ0n) is 7.04. The lowest BCUT2D eigenvalue weighted by Gasteiger charge is -2.05. The highest BCUT2D eigenvalue weighted by atomic mass is 16.5. The molecule has 1 rings (SSSR count). The summed E-state index contributed by atoms with van der Waals surface area (Å²) >= 11 is 0. The molecule has 0 atom stereocenters. The normalized spacial score (nSPS) is 9.83. The second kappa shape index (κ2) is 3.97. The maximum absolute atomic E-state index is 10.3. The fourth-order valence-electron chi connectivity index (χ4n) is 1.06. The van der Waals surface area contributed by atoms with Crippen LogP contribution in [0.1, 0.15) is 5.56 Å². The molecule has 0 aliphatic rings. The molecule has 0 saturated carbocycles. The van der Waals surface area contributed by atoms with Gasteiger partial charge in [0.25, 0.3) is 0 Å². The summed E-state index contributed by atoms with van der Waals surface area (Å²) in [6.45, 7) is -0.105. The van der Waals surface area contributed by atoms with Crippen LogP contribution in [0.5, 0.6) is 5.75 Å². The van der Waals surface area contributed by atoms with Crippen molar-refractivity contribution in [1.82, 2.24) is 0 Å². The first-order chi connectivity index (χ1) is 5.77. The molecule has 1 aromatic rings. The lowest BCUT2D eigenvalue weighted by molar-refractivity contribution is 0.197. The monoisotopic (exact) mass is 166 g/mol. The van der Waals surface area contributed by atoms with Crippen molar-refractivity contribution in [1.29, 1.82) is 0 Å². The van der Waals surface area contributed by atoms with Crippen molar-refractivity contribution in [2.24, 2.45) is 0 Å². The van der Waals surface area contributed by atoms with Crippen LogP contribution in [0, 0.1) is 0 Å². The first-order valence-corrected chi connectivity index (χ1v) is 3.78. The number of anilines is 1. The van der Waals surface area contributed by atoms with Crippen molar-refractivity contribution in [2.45, 2.75) is 6.42 Å². The molecule has 0 amide bonds. The lowest BCUT2D eigenvalue weighted by atomic mass is 10.1. The summed E-state index contributed by atoms with van der Waals surface area (Å²) in [7, 11) is 1.57. The van der Waals surface area contributed by atoms with E-state index in [4.69, 9.17) is 10.5 Å². The molecule has 0 unspecified atom stereocenters. The van der Waals surface area contributed by atoms with Crippen LogP contribution in [-0.2, 0) is 11.5 Å². The van der Waals surface area contributed by atoms with Gasteiger partial charge in [-0.1, -0.05) is 6.07 Å². The van der Waals surface area contributed by atoms with E-state index in [0.29, 0.717) is 17.9 Å². The molecule has 1 radical (unpaired) electrons. The molecule has 2 N–H and O–H groups in total. The van der Waals surface area contributed by atoms with Crippen LogP contribution >= 0.6 is 0 Å². The van der Waals surface area contributed by atoms with Crippen molar-refractivity contribution < 1.29 is 9.84 Å². The minimum atomic E-state index is -0.105. The number of hydrogen-bond acceptors (Lipinski definition) is 2. The van der Waals surface area contributed by atoms with Gasteiger partial charge in [-0.15, -0.1) is 0 Å². The minimum absolute atomic E-state index is 0.105. The number of nitrogen functional groups attached to an aromatic ring is 1. The summed E-state index contributed by atoms with van der Waals surface area (Å²) in [5.74, 6) is 0.657.